The van der Waals surface area contributed by atoms with E-state index in [1.807, 2.05) is 12.1 Å². The quantitative estimate of drug-likeness (QED) is 0.193. The lowest BCUT2D eigenvalue weighted by Crippen LogP contribution is -2.45. The van der Waals surface area contributed by atoms with Crippen molar-refractivity contribution in [2.75, 3.05) is 38.0 Å². The van der Waals surface area contributed by atoms with Gasteiger partial charge in [-0.2, -0.15) is 4.37 Å². The maximum Gasteiger partial charge on any atom is 0.325 e. The number of benzene rings is 2. The number of amides is 3. The molecule has 0 spiro atoms. The first-order chi connectivity index (χ1) is 19.7. The molecule has 1 atom stereocenters. The third kappa shape index (κ3) is 5.77. The minimum atomic E-state index is -1.34. The van der Waals surface area contributed by atoms with Crippen LogP contribution in [0.25, 0.3) is 10.9 Å². The van der Waals surface area contributed by atoms with Crippen LogP contribution in [0.5, 0.6) is 11.5 Å². The van der Waals surface area contributed by atoms with E-state index in [0.29, 0.717) is 33.7 Å². The number of nitrogens with zero attached hydrogens (tertiary/aromatic N) is 2. The average molecular weight is 581 g/mol. The number of esters is 1. The normalized spacial score (nSPS) is 11.5. The first-order valence-corrected chi connectivity index (χ1v) is 13.1. The van der Waals surface area contributed by atoms with Crippen LogP contribution in [0, 0.1) is 0 Å². The minimum absolute atomic E-state index is 0.114. The molecule has 2 aromatic heterocycles. The summed E-state index contributed by atoms with van der Waals surface area (Å²) in [5.41, 5.74) is 12.4. The molecular weight excluding hydrogens is 552 g/mol. The summed E-state index contributed by atoms with van der Waals surface area (Å²) in [6, 6.07) is 10.5. The highest BCUT2D eigenvalue weighted by atomic mass is 32.1. The fraction of sp³-hybridized carbons (Fsp3) is 0.222. The van der Waals surface area contributed by atoms with Crippen molar-refractivity contribution in [3.63, 3.8) is 0 Å². The highest BCUT2D eigenvalue weighted by molar-refractivity contribution is 7.09. The van der Waals surface area contributed by atoms with E-state index >= 15 is 0 Å². The molecular formula is C27H28N6O7S. The molecule has 0 aliphatic heterocycles. The summed E-state index contributed by atoms with van der Waals surface area (Å²) in [4.78, 5) is 56.3. The third-order valence-corrected chi connectivity index (χ3v) is 7.01. The summed E-state index contributed by atoms with van der Waals surface area (Å²) >= 11 is 0.671. The number of primary amides is 1. The van der Waals surface area contributed by atoms with E-state index in [0.717, 1.165) is 0 Å². The van der Waals surface area contributed by atoms with Crippen molar-refractivity contribution >= 4 is 57.5 Å². The van der Waals surface area contributed by atoms with Crippen LogP contribution >= 0.6 is 11.5 Å². The van der Waals surface area contributed by atoms with E-state index in [-0.39, 0.29) is 34.3 Å². The van der Waals surface area contributed by atoms with Crippen LogP contribution in [0.1, 0.15) is 38.7 Å². The van der Waals surface area contributed by atoms with Gasteiger partial charge in [-0.15, -0.1) is 0 Å². The van der Waals surface area contributed by atoms with E-state index in [1.165, 1.54) is 25.2 Å². The Bertz CT molecular complexity index is 1610. The summed E-state index contributed by atoms with van der Waals surface area (Å²) in [6.07, 6.45) is 1.60. The van der Waals surface area contributed by atoms with Crippen molar-refractivity contribution in [1.82, 2.24) is 14.7 Å². The number of nitrogens with one attached hydrogen (secondary N) is 2. The lowest BCUT2D eigenvalue weighted by molar-refractivity contribution is -0.143. The summed E-state index contributed by atoms with van der Waals surface area (Å²) in [6.45, 7) is 1.34. The number of carbonyl (C=O) groups excluding carboxylic acids is 4. The van der Waals surface area contributed by atoms with Crippen molar-refractivity contribution in [2.45, 2.75) is 13.0 Å². The molecule has 3 amide bonds. The number of aromatic amines is 1. The summed E-state index contributed by atoms with van der Waals surface area (Å²) in [5, 5.41) is 3.22. The topological polar surface area (TPSA) is 192 Å². The van der Waals surface area contributed by atoms with E-state index in [1.54, 1.807) is 37.4 Å². The van der Waals surface area contributed by atoms with Crippen LogP contribution in [0.4, 0.5) is 11.4 Å². The number of H-pyrrole nitrogens is 1. The van der Waals surface area contributed by atoms with Gasteiger partial charge in [0.15, 0.2) is 17.2 Å². The standard InChI is InChI=1S/C27H28N6O7S/c1-4-40-20(34)13-31-26(36)23(16-12-30-17-8-6-5-7-15(16)17)33(14-9-10-18(38-2)19(11-14)39-3)27(37)24-21(28)22(25(29)35)32-41-24/h5-12,23,30H,4,13,28H2,1-3H3,(H2,29,35)(H,31,36)/t23-/m0/s1. The van der Waals surface area contributed by atoms with Crippen molar-refractivity contribution in [1.29, 1.82) is 0 Å². The summed E-state index contributed by atoms with van der Waals surface area (Å²) in [5.74, 6) is -2.34. The van der Waals surface area contributed by atoms with E-state index in [2.05, 4.69) is 14.7 Å². The van der Waals surface area contributed by atoms with Crippen molar-refractivity contribution < 1.29 is 33.4 Å². The molecule has 0 aliphatic carbocycles. The Labute approximate surface area is 238 Å². The third-order valence-electron chi connectivity index (χ3n) is 6.15. The van der Waals surface area contributed by atoms with Crippen LogP contribution in [0.3, 0.4) is 0 Å². The number of methoxy groups -OCH3 is 2. The molecule has 4 aromatic rings. The fourth-order valence-electron chi connectivity index (χ4n) is 4.28. The van der Waals surface area contributed by atoms with Gasteiger partial charge in [0.2, 0.25) is 5.91 Å². The van der Waals surface area contributed by atoms with E-state index < -0.39 is 36.3 Å². The second kappa shape index (κ2) is 12.4. The lowest BCUT2D eigenvalue weighted by Gasteiger charge is -2.31. The van der Waals surface area contributed by atoms with E-state index in [9.17, 15) is 19.2 Å². The molecule has 14 heteroatoms. The van der Waals surface area contributed by atoms with Gasteiger partial charge >= 0.3 is 5.97 Å². The molecule has 214 valence electrons. The molecule has 2 heterocycles. The predicted octanol–water partition coefficient (Wildman–Crippen LogP) is 2.39. The van der Waals surface area contributed by atoms with Gasteiger partial charge in [-0.05, 0) is 36.7 Å². The van der Waals surface area contributed by atoms with Crippen molar-refractivity contribution in [3.8, 4) is 11.5 Å². The van der Waals surface area contributed by atoms with E-state index in [4.69, 9.17) is 25.7 Å². The van der Waals surface area contributed by atoms with Gasteiger partial charge in [-0.25, -0.2) is 0 Å². The molecule has 0 bridgehead atoms. The minimum Gasteiger partial charge on any atom is -0.493 e. The Morgan fingerprint density at radius 3 is 2.49 bits per heavy atom. The zero-order chi connectivity index (χ0) is 29.7. The average Bonchev–Trinajstić information content (AvgIpc) is 3.57. The Kier molecular flexibility index (Phi) is 8.72. The molecule has 0 fully saturated rings. The molecule has 0 saturated heterocycles. The monoisotopic (exact) mass is 580 g/mol. The number of anilines is 2. The van der Waals surface area contributed by atoms with Crippen LogP contribution in [0.2, 0.25) is 0 Å². The van der Waals surface area contributed by atoms with Gasteiger partial charge in [-0.1, -0.05) is 18.2 Å². The number of para-hydroxylation sites is 1. The SMILES string of the molecule is CCOC(=O)CNC(=O)[C@H](c1c[nH]c2ccccc12)N(C(=O)c1snc(C(N)=O)c1N)c1ccc(OC)c(OC)c1. The maximum absolute atomic E-state index is 14.3. The second-order valence-corrected chi connectivity index (χ2v) is 9.34. The number of carbonyl (C=O) groups is 4. The van der Waals surface area contributed by atoms with Crippen LogP contribution < -0.4 is 31.2 Å². The van der Waals surface area contributed by atoms with Gasteiger partial charge < -0.3 is 36.0 Å². The molecule has 0 radical (unpaired) electrons. The number of nitrogens with two attached hydrogens (primary N) is 2. The number of ether oxygens (including phenoxy) is 3. The smallest absolute Gasteiger partial charge is 0.325 e. The number of fused-ring (bicyclic) bond motifs is 1. The van der Waals surface area contributed by atoms with Gasteiger partial charge in [0, 0.05) is 34.4 Å². The molecule has 13 nitrogen and oxygen atoms in total. The van der Waals surface area contributed by atoms with Crippen LogP contribution in [0.15, 0.2) is 48.7 Å². The molecule has 2 aromatic carbocycles. The Morgan fingerprint density at radius 2 is 1.83 bits per heavy atom. The highest BCUT2D eigenvalue weighted by Crippen LogP contribution is 2.39. The Morgan fingerprint density at radius 1 is 1.10 bits per heavy atom. The van der Waals surface area contributed by atoms with Crippen LogP contribution in [-0.4, -0.2) is 60.4 Å². The van der Waals surface area contributed by atoms with Gasteiger partial charge in [0.1, 0.15) is 17.5 Å². The number of rotatable bonds is 11. The molecule has 41 heavy (non-hydrogen) atoms. The molecule has 4 rings (SSSR count). The fourth-order valence-corrected chi connectivity index (χ4v) is 5.02. The molecule has 0 aliphatic rings. The predicted molar refractivity (Wildman–Crippen MR) is 152 cm³/mol. The summed E-state index contributed by atoms with van der Waals surface area (Å²) in [7, 11) is 2.89. The zero-order valence-electron chi connectivity index (χ0n) is 22.4. The van der Waals surface area contributed by atoms with Gasteiger partial charge in [0.25, 0.3) is 11.8 Å². The number of aromatic nitrogens is 2. The highest BCUT2D eigenvalue weighted by Gasteiger charge is 2.38. The summed E-state index contributed by atoms with van der Waals surface area (Å²) < 4.78 is 19.7. The van der Waals surface area contributed by atoms with Crippen molar-refractivity contribution in [2.24, 2.45) is 5.73 Å². The van der Waals surface area contributed by atoms with Gasteiger partial charge in [0.05, 0.1) is 26.5 Å². The molecule has 0 unspecified atom stereocenters. The maximum atomic E-state index is 14.3. The Hall–Kier alpha value is -5.11. The number of hydrogen-bond acceptors (Lipinski definition) is 10. The molecule has 0 saturated carbocycles. The Balaban J connectivity index is 1.94. The number of hydrogen-bond donors (Lipinski definition) is 4. The zero-order valence-corrected chi connectivity index (χ0v) is 23.2. The van der Waals surface area contributed by atoms with Crippen LogP contribution in [-0.2, 0) is 14.3 Å². The first-order valence-electron chi connectivity index (χ1n) is 12.3. The van der Waals surface area contributed by atoms with Gasteiger partial charge in [-0.3, -0.25) is 24.1 Å². The largest absolute Gasteiger partial charge is 0.493 e. The molecule has 6 N–H and O–H groups in total. The van der Waals surface area contributed by atoms with Crippen molar-refractivity contribution in [3.05, 3.63) is 64.8 Å². The number of nitrogen functional groups attached to an aromatic ring is 1. The second-order valence-electron chi connectivity index (χ2n) is 8.57. The first kappa shape index (κ1) is 28.9. The lowest BCUT2D eigenvalue weighted by atomic mass is 10.0.